The largest absolute Gasteiger partial charge is 0.343 e. The number of pyridine rings is 1. The third-order valence-electron chi connectivity index (χ3n) is 5.83. The van der Waals surface area contributed by atoms with Crippen LogP contribution in [0.1, 0.15) is 32.6 Å². The van der Waals surface area contributed by atoms with Crippen LogP contribution in [0, 0.1) is 5.82 Å². The number of hydrogen-bond acceptors (Lipinski definition) is 5. The van der Waals surface area contributed by atoms with Crippen molar-refractivity contribution in [3.8, 4) is 22.5 Å². The van der Waals surface area contributed by atoms with Crippen LogP contribution in [0.2, 0.25) is 0 Å². The first-order valence-corrected chi connectivity index (χ1v) is 12.6. The third kappa shape index (κ3) is 5.47. The number of aromatic nitrogens is 3. The van der Waals surface area contributed by atoms with E-state index < -0.39 is 0 Å². The smallest absolute Gasteiger partial charge is 0.224 e. The molecule has 0 aliphatic carbocycles. The molecule has 1 fully saturated rings. The van der Waals surface area contributed by atoms with Gasteiger partial charge in [0.1, 0.15) is 11.6 Å². The van der Waals surface area contributed by atoms with Crippen molar-refractivity contribution >= 4 is 29.4 Å². The van der Waals surface area contributed by atoms with E-state index in [9.17, 15) is 14.0 Å². The van der Waals surface area contributed by atoms with E-state index >= 15 is 0 Å². The maximum Gasteiger partial charge on any atom is 0.224 e. The normalized spacial score (nSPS) is 13.7. The van der Waals surface area contributed by atoms with E-state index in [1.165, 1.54) is 37.2 Å². The Hall–Kier alpha value is -3.20. The Kier molecular flexibility index (Phi) is 7.62. The molecule has 1 N–H and O–H groups in total. The van der Waals surface area contributed by atoms with Gasteiger partial charge in [0.2, 0.25) is 11.8 Å². The molecule has 1 aliphatic heterocycles. The lowest BCUT2D eigenvalue weighted by atomic mass is 10.1. The number of amides is 2. The van der Waals surface area contributed by atoms with Crippen molar-refractivity contribution in [1.29, 1.82) is 0 Å². The molecule has 0 spiro atoms. The number of rotatable bonds is 7. The van der Waals surface area contributed by atoms with Gasteiger partial charge in [0, 0.05) is 50.3 Å². The standard InChI is InChI=1S/C25H28FN5O2S/c1-17(32)28-21-16-19(10-12-27-21)24-23(18-6-8-20(26)9-7-18)29-25(34-2)31(24)15-11-22(33)30-13-4-3-5-14-30/h6-10,12,16H,3-5,11,13-15H2,1-2H3,(H,27,28,32). The van der Waals surface area contributed by atoms with Crippen LogP contribution in [-0.4, -0.2) is 50.6 Å². The second-order valence-electron chi connectivity index (χ2n) is 8.26. The maximum atomic E-state index is 13.6. The van der Waals surface area contributed by atoms with E-state index in [1.54, 1.807) is 24.4 Å². The van der Waals surface area contributed by atoms with Crippen molar-refractivity contribution in [2.45, 2.75) is 44.3 Å². The molecular formula is C25H28FN5O2S. The number of thioether (sulfide) groups is 1. The molecule has 0 radical (unpaired) electrons. The Bertz CT molecular complexity index is 1170. The summed E-state index contributed by atoms with van der Waals surface area (Å²) in [6.07, 6.45) is 7.21. The molecule has 0 unspecified atom stereocenters. The van der Waals surface area contributed by atoms with E-state index in [0.717, 1.165) is 47.9 Å². The molecule has 3 heterocycles. The number of hydrogen-bond donors (Lipinski definition) is 1. The summed E-state index contributed by atoms with van der Waals surface area (Å²) in [4.78, 5) is 35.5. The molecule has 34 heavy (non-hydrogen) atoms. The van der Waals surface area contributed by atoms with Gasteiger partial charge in [-0.15, -0.1) is 0 Å². The number of anilines is 1. The molecule has 3 aromatic rings. The number of carbonyl (C=O) groups is 2. The van der Waals surface area contributed by atoms with E-state index in [4.69, 9.17) is 4.98 Å². The Balaban J connectivity index is 1.75. The van der Waals surface area contributed by atoms with Gasteiger partial charge in [0.25, 0.3) is 0 Å². The van der Waals surface area contributed by atoms with Crippen LogP contribution in [0.15, 0.2) is 47.8 Å². The number of benzene rings is 1. The molecule has 2 amide bonds. The highest BCUT2D eigenvalue weighted by atomic mass is 32.2. The van der Waals surface area contributed by atoms with Crippen molar-refractivity contribution in [3.05, 3.63) is 48.4 Å². The van der Waals surface area contributed by atoms with Gasteiger partial charge >= 0.3 is 0 Å². The summed E-state index contributed by atoms with van der Waals surface area (Å²) in [5.41, 5.74) is 3.06. The Morgan fingerprint density at radius 2 is 1.82 bits per heavy atom. The average Bonchev–Trinajstić information content (AvgIpc) is 3.22. The lowest BCUT2D eigenvalue weighted by Crippen LogP contribution is -2.36. The van der Waals surface area contributed by atoms with Crippen molar-refractivity contribution in [3.63, 3.8) is 0 Å². The molecule has 9 heteroatoms. The summed E-state index contributed by atoms with van der Waals surface area (Å²) in [5.74, 6) is 0.0361. The van der Waals surface area contributed by atoms with Crippen LogP contribution in [0.25, 0.3) is 22.5 Å². The number of carbonyl (C=O) groups excluding carboxylic acids is 2. The second-order valence-corrected chi connectivity index (χ2v) is 9.03. The molecule has 178 valence electrons. The number of piperidine rings is 1. The molecule has 0 saturated carbocycles. The van der Waals surface area contributed by atoms with Gasteiger partial charge < -0.3 is 14.8 Å². The zero-order chi connectivity index (χ0) is 24.1. The molecule has 0 atom stereocenters. The number of likely N-dealkylation sites (tertiary alicyclic amines) is 1. The summed E-state index contributed by atoms with van der Waals surface area (Å²) < 4.78 is 15.7. The number of halogens is 1. The summed E-state index contributed by atoms with van der Waals surface area (Å²) in [6.45, 7) is 3.53. The van der Waals surface area contributed by atoms with E-state index in [0.29, 0.717) is 24.5 Å². The van der Waals surface area contributed by atoms with Gasteiger partial charge in [-0.3, -0.25) is 9.59 Å². The van der Waals surface area contributed by atoms with Gasteiger partial charge in [0.15, 0.2) is 5.16 Å². The van der Waals surface area contributed by atoms with Crippen molar-refractivity contribution in [1.82, 2.24) is 19.4 Å². The first-order chi connectivity index (χ1) is 16.5. The predicted octanol–water partition coefficient (Wildman–Crippen LogP) is 4.83. The molecule has 7 nitrogen and oxygen atoms in total. The summed E-state index contributed by atoms with van der Waals surface area (Å²) in [6, 6.07) is 9.86. The minimum absolute atomic E-state index is 0.142. The van der Waals surface area contributed by atoms with Crippen molar-refractivity contribution < 1.29 is 14.0 Å². The van der Waals surface area contributed by atoms with Crippen molar-refractivity contribution in [2.75, 3.05) is 24.7 Å². The lowest BCUT2D eigenvalue weighted by Gasteiger charge is -2.27. The molecule has 2 aromatic heterocycles. The minimum Gasteiger partial charge on any atom is -0.343 e. The van der Waals surface area contributed by atoms with Crippen LogP contribution in [0.5, 0.6) is 0 Å². The molecule has 0 bridgehead atoms. The van der Waals surface area contributed by atoms with Gasteiger partial charge in [0.05, 0.1) is 11.4 Å². The fourth-order valence-electron chi connectivity index (χ4n) is 4.23. The highest BCUT2D eigenvalue weighted by molar-refractivity contribution is 7.98. The SMILES string of the molecule is CSc1nc(-c2ccc(F)cc2)c(-c2ccnc(NC(C)=O)c2)n1CCC(=O)N1CCCCC1. The molecule has 1 saturated heterocycles. The van der Waals surface area contributed by atoms with E-state index in [1.807, 2.05) is 21.8 Å². The zero-order valence-electron chi connectivity index (χ0n) is 19.4. The van der Waals surface area contributed by atoms with E-state index in [2.05, 4.69) is 10.3 Å². The lowest BCUT2D eigenvalue weighted by molar-refractivity contribution is -0.132. The number of imidazole rings is 1. The molecule has 1 aliphatic rings. The second kappa shape index (κ2) is 10.8. The van der Waals surface area contributed by atoms with Gasteiger partial charge in [-0.25, -0.2) is 14.4 Å². The fraction of sp³-hybridized carbons (Fsp3) is 0.360. The Morgan fingerprint density at radius 3 is 2.50 bits per heavy atom. The highest BCUT2D eigenvalue weighted by Gasteiger charge is 2.23. The Morgan fingerprint density at radius 1 is 1.09 bits per heavy atom. The summed E-state index contributed by atoms with van der Waals surface area (Å²) in [7, 11) is 0. The monoisotopic (exact) mass is 481 g/mol. The predicted molar refractivity (Wildman–Crippen MR) is 132 cm³/mol. The molecule has 4 rings (SSSR count). The average molecular weight is 482 g/mol. The highest BCUT2D eigenvalue weighted by Crippen LogP contribution is 2.36. The molecule has 1 aromatic carbocycles. The van der Waals surface area contributed by atoms with Crippen LogP contribution in [-0.2, 0) is 16.1 Å². The summed E-state index contributed by atoms with van der Waals surface area (Å²) in [5, 5.41) is 3.48. The molecular weight excluding hydrogens is 453 g/mol. The quantitative estimate of drug-likeness (QED) is 0.489. The van der Waals surface area contributed by atoms with E-state index in [-0.39, 0.29) is 17.6 Å². The third-order valence-corrected chi connectivity index (χ3v) is 6.51. The van der Waals surface area contributed by atoms with Crippen LogP contribution in [0.3, 0.4) is 0 Å². The van der Waals surface area contributed by atoms with Crippen LogP contribution in [0.4, 0.5) is 10.2 Å². The number of nitrogens with zero attached hydrogens (tertiary/aromatic N) is 4. The van der Waals surface area contributed by atoms with Crippen LogP contribution >= 0.6 is 11.8 Å². The van der Waals surface area contributed by atoms with Gasteiger partial charge in [-0.1, -0.05) is 11.8 Å². The van der Waals surface area contributed by atoms with Gasteiger partial charge in [-0.2, -0.15) is 0 Å². The topological polar surface area (TPSA) is 80.1 Å². The first-order valence-electron chi connectivity index (χ1n) is 11.4. The van der Waals surface area contributed by atoms with Crippen LogP contribution < -0.4 is 5.32 Å². The summed E-state index contributed by atoms with van der Waals surface area (Å²) >= 11 is 1.49. The first kappa shape index (κ1) is 23.9. The van der Waals surface area contributed by atoms with Crippen molar-refractivity contribution in [2.24, 2.45) is 0 Å². The van der Waals surface area contributed by atoms with Gasteiger partial charge in [-0.05, 0) is 61.9 Å². The Labute approximate surface area is 202 Å². The fourth-order valence-corrected chi connectivity index (χ4v) is 4.82. The number of nitrogens with one attached hydrogen (secondary N) is 1. The zero-order valence-corrected chi connectivity index (χ0v) is 20.2. The maximum absolute atomic E-state index is 13.6. The minimum atomic E-state index is -0.321.